The molecule has 0 spiro atoms. The third-order valence-corrected chi connectivity index (χ3v) is 9.27. The predicted molar refractivity (Wildman–Crippen MR) is 118 cm³/mol. The van der Waals surface area contributed by atoms with E-state index >= 15 is 0 Å². The maximum Gasteiger partial charge on any atom is 0.265 e. The quantitative estimate of drug-likeness (QED) is 0.599. The zero-order valence-corrected chi connectivity index (χ0v) is 17.8. The number of thiophene rings is 1. The van der Waals surface area contributed by atoms with Crippen LogP contribution in [0, 0.1) is 0 Å². The Hall–Kier alpha value is -1.22. The van der Waals surface area contributed by atoms with Gasteiger partial charge in [0.15, 0.2) is 5.13 Å². The first-order valence-corrected chi connectivity index (χ1v) is 12.1. The van der Waals surface area contributed by atoms with Crippen LogP contribution in [-0.4, -0.2) is 36.5 Å². The zero-order valence-electron chi connectivity index (χ0n) is 14.5. The van der Waals surface area contributed by atoms with Crippen molar-refractivity contribution in [3.8, 4) is 0 Å². The highest BCUT2D eigenvalue weighted by Crippen LogP contribution is 2.44. The number of nitrogens with zero attached hydrogens (tertiary/aromatic N) is 2. The number of anilines is 2. The monoisotopic (exact) mass is 421 g/mol. The second-order valence-corrected chi connectivity index (χ2v) is 10.9. The van der Waals surface area contributed by atoms with E-state index in [1.165, 1.54) is 34.8 Å². The summed E-state index contributed by atoms with van der Waals surface area (Å²) in [6.45, 7) is 0. The van der Waals surface area contributed by atoms with Gasteiger partial charge in [0.2, 0.25) is 0 Å². The van der Waals surface area contributed by atoms with Crippen LogP contribution in [0.4, 0.5) is 10.8 Å². The maximum absolute atomic E-state index is 12.6. The molecule has 1 aliphatic rings. The van der Waals surface area contributed by atoms with E-state index in [0.29, 0.717) is 9.46 Å². The highest BCUT2D eigenvalue weighted by molar-refractivity contribution is 8.16. The summed E-state index contributed by atoms with van der Waals surface area (Å²) < 4.78 is 1.54. The molecule has 0 atom stereocenters. The van der Waals surface area contributed by atoms with Crippen LogP contribution in [0.15, 0.2) is 30.3 Å². The molecular weight excluding hydrogens is 402 g/mol. The Morgan fingerprint density at radius 3 is 2.73 bits per heavy atom. The van der Waals surface area contributed by atoms with E-state index in [4.69, 9.17) is 0 Å². The van der Waals surface area contributed by atoms with Gasteiger partial charge in [-0.2, -0.15) is 0 Å². The first kappa shape index (κ1) is 18.2. The summed E-state index contributed by atoms with van der Waals surface area (Å²) in [5, 5.41) is 4.01. The van der Waals surface area contributed by atoms with Crippen molar-refractivity contribution in [3.05, 3.63) is 40.8 Å². The Bertz CT molecular complexity index is 896. The largest absolute Gasteiger partial charge is 0.354 e. The number of carbonyl (C=O) groups is 1. The summed E-state index contributed by atoms with van der Waals surface area (Å²) >= 11 is 7.04. The number of rotatable bonds is 4. The van der Waals surface area contributed by atoms with E-state index in [1.807, 2.05) is 60.7 Å². The first-order chi connectivity index (χ1) is 12.6. The molecule has 2 aromatic heterocycles. The van der Waals surface area contributed by atoms with Gasteiger partial charge in [-0.1, -0.05) is 23.5 Å². The van der Waals surface area contributed by atoms with Gasteiger partial charge >= 0.3 is 0 Å². The minimum atomic E-state index is -0.0623. The van der Waals surface area contributed by atoms with Crippen molar-refractivity contribution in [2.75, 3.05) is 35.8 Å². The Balaban J connectivity index is 1.49. The number of aromatic nitrogens is 1. The highest BCUT2D eigenvalue weighted by Gasteiger charge is 2.18. The topological polar surface area (TPSA) is 45.2 Å². The summed E-state index contributed by atoms with van der Waals surface area (Å²) in [6, 6.07) is 10.2. The average Bonchev–Trinajstić information content (AvgIpc) is 3.22. The normalized spacial score (nSPS) is 15.3. The van der Waals surface area contributed by atoms with E-state index in [2.05, 4.69) is 22.4 Å². The molecule has 0 unspecified atom stereocenters. The van der Waals surface area contributed by atoms with Crippen LogP contribution in [0.25, 0.3) is 9.53 Å². The summed E-state index contributed by atoms with van der Waals surface area (Å²) in [4.78, 5) is 20.8. The van der Waals surface area contributed by atoms with E-state index in [9.17, 15) is 4.79 Å². The summed E-state index contributed by atoms with van der Waals surface area (Å²) in [5.41, 5.74) is 2.14. The third kappa shape index (κ3) is 3.88. The fourth-order valence-corrected chi connectivity index (χ4v) is 7.56. The molecule has 0 bridgehead atoms. The number of hydrogen-bond donors (Lipinski definition) is 1. The second-order valence-electron chi connectivity index (χ2n) is 6.18. The number of carbonyl (C=O) groups excluding carboxylic acids is 1. The van der Waals surface area contributed by atoms with Crippen molar-refractivity contribution in [3.63, 3.8) is 0 Å². The summed E-state index contributed by atoms with van der Waals surface area (Å²) in [5.74, 6) is 2.36. The minimum absolute atomic E-state index is 0.0623. The molecule has 136 valence electrons. The molecule has 1 saturated heterocycles. The van der Waals surface area contributed by atoms with E-state index < -0.39 is 0 Å². The molecule has 1 aliphatic heterocycles. The zero-order chi connectivity index (χ0) is 18.1. The molecule has 0 aliphatic carbocycles. The van der Waals surface area contributed by atoms with Gasteiger partial charge in [-0.15, -0.1) is 34.9 Å². The number of nitrogens with one attached hydrogen (secondary N) is 1. The lowest BCUT2D eigenvalue weighted by molar-refractivity contribution is 0.103. The molecule has 1 amide bonds. The van der Waals surface area contributed by atoms with Crippen molar-refractivity contribution in [2.24, 2.45) is 0 Å². The third-order valence-electron chi connectivity index (χ3n) is 3.93. The predicted octanol–water partition coefficient (Wildman–Crippen LogP) is 5.54. The molecule has 26 heavy (non-hydrogen) atoms. The lowest BCUT2D eigenvalue weighted by Crippen LogP contribution is -2.10. The van der Waals surface area contributed by atoms with Crippen molar-refractivity contribution >= 4 is 72.5 Å². The number of fused-ring (bicyclic) bond motifs is 1. The van der Waals surface area contributed by atoms with Gasteiger partial charge in [0.1, 0.15) is 4.83 Å². The van der Waals surface area contributed by atoms with Crippen LogP contribution >= 0.6 is 46.2 Å². The van der Waals surface area contributed by atoms with Gasteiger partial charge in [0.25, 0.3) is 5.91 Å². The van der Waals surface area contributed by atoms with Crippen molar-refractivity contribution in [1.82, 2.24) is 4.98 Å². The Kier molecular flexibility index (Phi) is 5.45. The van der Waals surface area contributed by atoms with Crippen LogP contribution < -0.4 is 10.2 Å². The molecule has 1 N–H and O–H groups in total. The molecule has 0 saturated carbocycles. The van der Waals surface area contributed by atoms with E-state index in [-0.39, 0.29) is 5.91 Å². The van der Waals surface area contributed by atoms with Crippen molar-refractivity contribution in [1.29, 1.82) is 0 Å². The van der Waals surface area contributed by atoms with E-state index in [1.54, 1.807) is 11.3 Å². The summed E-state index contributed by atoms with van der Waals surface area (Å²) in [7, 11) is 3.96. The van der Waals surface area contributed by atoms with Gasteiger partial charge in [0.05, 0.1) is 14.2 Å². The number of thiazole rings is 1. The second kappa shape index (κ2) is 7.80. The van der Waals surface area contributed by atoms with Crippen molar-refractivity contribution < 1.29 is 4.79 Å². The maximum atomic E-state index is 12.6. The molecular formula is C18H19N3OS4. The molecule has 4 nitrogen and oxygen atoms in total. The van der Waals surface area contributed by atoms with Gasteiger partial charge in [-0.05, 0) is 41.7 Å². The van der Waals surface area contributed by atoms with Gasteiger partial charge < -0.3 is 10.2 Å². The van der Waals surface area contributed by atoms with Crippen LogP contribution in [0.3, 0.4) is 0 Å². The fourth-order valence-electron chi connectivity index (χ4n) is 2.66. The van der Waals surface area contributed by atoms with Gasteiger partial charge in [0, 0.05) is 19.8 Å². The smallest absolute Gasteiger partial charge is 0.265 e. The number of hydrogen-bond acceptors (Lipinski definition) is 7. The lowest BCUT2D eigenvalue weighted by Gasteiger charge is -2.21. The van der Waals surface area contributed by atoms with Gasteiger partial charge in [-0.25, -0.2) is 4.98 Å². The van der Waals surface area contributed by atoms with E-state index in [0.717, 1.165) is 20.3 Å². The minimum Gasteiger partial charge on any atom is -0.354 e. The Morgan fingerprint density at radius 2 is 2.00 bits per heavy atom. The SMILES string of the molecule is CN(C)c1nc2sc(C(=O)Nc3cccc(C4SCCCS4)c3)cc2s1. The van der Waals surface area contributed by atoms with Crippen molar-refractivity contribution in [2.45, 2.75) is 11.0 Å². The Labute approximate surface area is 169 Å². The summed E-state index contributed by atoms with van der Waals surface area (Å²) in [6.07, 6.45) is 1.28. The molecule has 0 radical (unpaired) electrons. The van der Waals surface area contributed by atoms with Gasteiger partial charge in [-0.3, -0.25) is 4.79 Å². The van der Waals surface area contributed by atoms with Crippen LogP contribution in [0.5, 0.6) is 0 Å². The standard InChI is InChI=1S/C18H19N3OS4/c1-21(2)18-20-16-14(26-18)10-13(25-16)15(22)19-12-6-3-5-11(9-12)17-23-7-4-8-24-17/h3,5-6,9-10,17H,4,7-8H2,1-2H3,(H,19,22). The molecule has 3 aromatic rings. The highest BCUT2D eigenvalue weighted by atomic mass is 32.2. The molecule has 4 rings (SSSR count). The van der Waals surface area contributed by atoms with Crippen LogP contribution in [0.2, 0.25) is 0 Å². The Morgan fingerprint density at radius 1 is 1.19 bits per heavy atom. The lowest BCUT2D eigenvalue weighted by atomic mass is 10.2. The fraction of sp³-hybridized carbons (Fsp3) is 0.333. The first-order valence-electron chi connectivity index (χ1n) is 8.32. The average molecular weight is 422 g/mol. The number of thioether (sulfide) groups is 2. The number of benzene rings is 1. The van der Waals surface area contributed by atoms with Crippen LogP contribution in [0.1, 0.15) is 26.2 Å². The van der Waals surface area contributed by atoms with Crippen LogP contribution in [-0.2, 0) is 0 Å². The molecule has 1 aromatic carbocycles. The molecule has 3 heterocycles. The number of amides is 1. The molecule has 1 fully saturated rings. The molecule has 8 heteroatoms.